The second-order valence-electron chi connectivity index (χ2n) is 8.92. The smallest absolute Gasteiger partial charge is 0.338 e. The van der Waals surface area contributed by atoms with Crippen LogP contribution in [0.25, 0.3) is 21.5 Å². The Morgan fingerprint density at radius 3 is 2.09 bits per heavy atom. The second kappa shape index (κ2) is 10.4. The fourth-order valence-electron chi connectivity index (χ4n) is 4.41. The summed E-state index contributed by atoms with van der Waals surface area (Å²) in [5, 5.41) is 4.40. The van der Waals surface area contributed by atoms with E-state index in [0.717, 1.165) is 22.6 Å². The molecule has 1 aliphatic heterocycles. The van der Waals surface area contributed by atoms with Crippen molar-refractivity contribution in [2.45, 2.75) is 32.3 Å². The maximum atomic E-state index is 13.0. The minimum atomic E-state index is -0.484. The minimum absolute atomic E-state index is 0.120. The summed E-state index contributed by atoms with van der Waals surface area (Å²) in [7, 11) is 3.04. The Kier molecular flexibility index (Phi) is 7.34. The van der Waals surface area contributed by atoms with Gasteiger partial charge in [-0.3, -0.25) is 9.80 Å². The number of hydrogen-bond donors (Lipinski definition) is 0. The number of benzene rings is 3. The van der Waals surface area contributed by atoms with Gasteiger partial charge in [0, 0.05) is 14.2 Å². The number of methoxy groups -OCH3 is 2. The van der Waals surface area contributed by atoms with Gasteiger partial charge in [-0.2, -0.15) is 0 Å². The second-order valence-corrected chi connectivity index (χ2v) is 8.92. The molecule has 1 aliphatic rings. The van der Waals surface area contributed by atoms with E-state index in [0.29, 0.717) is 11.5 Å². The summed E-state index contributed by atoms with van der Waals surface area (Å²) in [5.41, 5.74) is 1.82. The van der Waals surface area contributed by atoms with E-state index in [1.54, 1.807) is 6.07 Å². The van der Waals surface area contributed by atoms with Crippen LogP contribution in [0.5, 0.6) is 0 Å². The molecule has 7 heteroatoms. The maximum absolute atomic E-state index is 13.0. The van der Waals surface area contributed by atoms with Crippen LogP contribution in [-0.2, 0) is 14.2 Å². The number of urea groups is 1. The van der Waals surface area contributed by atoms with Crippen LogP contribution in [0.3, 0.4) is 0 Å². The Bertz CT molecular complexity index is 1180. The first-order valence-electron chi connectivity index (χ1n) is 11.6. The van der Waals surface area contributed by atoms with Crippen LogP contribution >= 0.6 is 0 Å². The summed E-state index contributed by atoms with van der Waals surface area (Å²) in [6.07, 6.45) is 0.619. The fraction of sp³-hybridized carbons (Fsp3) is 0.407. The van der Waals surface area contributed by atoms with Gasteiger partial charge in [-0.15, -0.1) is 0 Å². The van der Waals surface area contributed by atoms with Gasteiger partial charge in [0.05, 0.1) is 18.7 Å². The first kappa shape index (κ1) is 24.0. The van der Waals surface area contributed by atoms with Crippen molar-refractivity contribution in [1.29, 1.82) is 0 Å². The molecule has 0 aliphatic carbocycles. The fourth-order valence-corrected chi connectivity index (χ4v) is 4.41. The molecule has 3 aromatic rings. The molecule has 1 atom stereocenters. The van der Waals surface area contributed by atoms with E-state index in [2.05, 4.69) is 44.2 Å². The molecule has 0 radical (unpaired) electrons. The molecule has 0 saturated carbocycles. The van der Waals surface area contributed by atoms with Crippen LogP contribution in [0.15, 0.2) is 48.5 Å². The van der Waals surface area contributed by atoms with Gasteiger partial charge in [-0.05, 0) is 63.7 Å². The minimum Gasteiger partial charge on any atom is -0.455 e. The molecule has 34 heavy (non-hydrogen) atoms. The van der Waals surface area contributed by atoms with Gasteiger partial charge in [0.2, 0.25) is 0 Å². The number of ether oxygens (including phenoxy) is 3. The van der Waals surface area contributed by atoms with Gasteiger partial charge < -0.3 is 14.2 Å². The van der Waals surface area contributed by atoms with Gasteiger partial charge >= 0.3 is 12.0 Å². The van der Waals surface area contributed by atoms with Gasteiger partial charge in [-0.1, -0.05) is 38.1 Å². The highest BCUT2D eigenvalue weighted by atomic mass is 16.5. The molecule has 1 saturated heterocycles. The summed E-state index contributed by atoms with van der Waals surface area (Å²) in [4.78, 5) is 28.5. The zero-order valence-corrected chi connectivity index (χ0v) is 20.2. The Labute approximate surface area is 200 Å². The summed E-state index contributed by atoms with van der Waals surface area (Å²) in [6, 6.07) is 16.3. The average molecular weight is 465 g/mol. The van der Waals surface area contributed by atoms with E-state index in [1.807, 2.05) is 12.1 Å². The lowest BCUT2D eigenvalue weighted by Crippen LogP contribution is -2.57. The van der Waals surface area contributed by atoms with E-state index in [9.17, 15) is 9.59 Å². The molecule has 1 heterocycles. The lowest BCUT2D eigenvalue weighted by Gasteiger charge is -2.38. The van der Waals surface area contributed by atoms with Gasteiger partial charge in [0.1, 0.15) is 19.6 Å². The quantitative estimate of drug-likeness (QED) is 0.348. The van der Waals surface area contributed by atoms with Crippen LogP contribution in [0, 0.1) is 0 Å². The monoisotopic (exact) mass is 464 g/mol. The van der Waals surface area contributed by atoms with E-state index in [4.69, 9.17) is 14.2 Å². The number of nitrogens with zero attached hydrogens (tertiary/aromatic N) is 2. The zero-order valence-electron chi connectivity index (χ0n) is 20.2. The molecule has 7 nitrogen and oxygen atoms in total. The third-order valence-corrected chi connectivity index (χ3v) is 6.47. The Balaban J connectivity index is 1.54. The Morgan fingerprint density at radius 2 is 1.50 bits per heavy atom. The van der Waals surface area contributed by atoms with Crippen LogP contribution < -0.4 is 0 Å². The summed E-state index contributed by atoms with van der Waals surface area (Å²) in [5.74, 6) is 0.107. The van der Waals surface area contributed by atoms with Crippen molar-refractivity contribution in [3.63, 3.8) is 0 Å². The maximum Gasteiger partial charge on any atom is 0.338 e. The third-order valence-electron chi connectivity index (χ3n) is 6.47. The standard InChI is InChI=1S/C27H32N2O5/c1-5-18(2)19-6-7-20-12-24-13-22(9-8-21(24)11-23(20)10-19)26(30)34-25-14-28(16-32-3)27(31)29(15-25)17-33-4/h6-13,18,25H,5,14-17H2,1-4H3. The summed E-state index contributed by atoms with van der Waals surface area (Å²) in [6.45, 7) is 5.23. The third kappa shape index (κ3) is 5.00. The molecule has 0 bridgehead atoms. The SMILES string of the molecule is CCC(C)c1ccc2cc3cc(C(=O)OC4CN(COC)C(=O)N(COC)C4)ccc3cc2c1. The van der Waals surface area contributed by atoms with Crippen molar-refractivity contribution in [1.82, 2.24) is 9.80 Å². The van der Waals surface area contributed by atoms with Crippen molar-refractivity contribution >= 4 is 33.5 Å². The number of rotatable bonds is 8. The number of esters is 1. The molecule has 2 amide bonds. The van der Waals surface area contributed by atoms with Crippen molar-refractivity contribution in [3.05, 3.63) is 59.7 Å². The number of carbonyl (C=O) groups excluding carboxylic acids is 2. The van der Waals surface area contributed by atoms with Crippen LogP contribution in [0.1, 0.15) is 42.1 Å². The van der Waals surface area contributed by atoms with Gasteiger partial charge in [0.25, 0.3) is 0 Å². The van der Waals surface area contributed by atoms with Gasteiger partial charge in [0.15, 0.2) is 0 Å². The predicted molar refractivity (Wildman–Crippen MR) is 132 cm³/mol. The number of amides is 2. The van der Waals surface area contributed by atoms with Crippen molar-refractivity contribution in [3.8, 4) is 0 Å². The first-order chi connectivity index (χ1) is 16.4. The molecule has 4 rings (SSSR count). The number of hydrogen-bond acceptors (Lipinski definition) is 5. The van der Waals surface area contributed by atoms with Crippen LogP contribution in [0.2, 0.25) is 0 Å². The van der Waals surface area contributed by atoms with E-state index in [-0.39, 0.29) is 32.6 Å². The highest BCUT2D eigenvalue weighted by molar-refractivity contribution is 6.02. The molecule has 1 fully saturated rings. The number of carbonyl (C=O) groups is 2. The molecular formula is C27H32N2O5. The van der Waals surface area contributed by atoms with Gasteiger partial charge in [-0.25, -0.2) is 9.59 Å². The van der Waals surface area contributed by atoms with Crippen LogP contribution in [-0.4, -0.2) is 68.7 Å². The molecule has 1 unspecified atom stereocenters. The topological polar surface area (TPSA) is 68.3 Å². The van der Waals surface area contributed by atoms with Crippen molar-refractivity contribution in [2.75, 3.05) is 40.8 Å². The lowest BCUT2D eigenvalue weighted by atomic mass is 9.94. The zero-order chi connectivity index (χ0) is 24.2. The Morgan fingerprint density at radius 1 is 0.912 bits per heavy atom. The summed E-state index contributed by atoms with van der Waals surface area (Å²) < 4.78 is 16.0. The van der Waals surface area contributed by atoms with E-state index in [1.165, 1.54) is 35.0 Å². The molecule has 0 N–H and O–H groups in total. The van der Waals surface area contributed by atoms with E-state index >= 15 is 0 Å². The molecule has 3 aromatic carbocycles. The van der Waals surface area contributed by atoms with Crippen LogP contribution in [0.4, 0.5) is 4.79 Å². The van der Waals surface area contributed by atoms with Crippen molar-refractivity contribution < 1.29 is 23.8 Å². The predicted octanol–water partition coefficient (Wildman–Crippen LogP) is 4.98. The van der Waals surface area contributed by atoms with Crippen molar-refractivity contribution in [2.24, 2.45) is 0 Å². The normalized spacial score (nSPS) is 15.8. The molecule has 180 valence electrons. The number of fused-ring (bicyclic) bond motifs is 2. The highest BCUT2D eigenvalue weighted by Crippen LogP contribution is 2.28. The highest BCUT2D eigenvalue weighted by Gasteiger charge is 2.34. The molecule has 0 spiro atoms. The largest absolute Gasteiger partial charge is 0.455 e. The first-order valence-corrected chi connectivity index (χ1v) is 11.6. The molecular weight excluding hydrogens is 432 g/mol. The lowest BCUT2D eigenvalue weighted by molar-refractivity contribution is -0.0401. The summed E-state index contributed by atoms with van der Waals surface area (Å²) >= 11 is 0. The molecule has 0 aromatic heterocycles. The average Bonchev–Trinajstić information content (AvgIpc) is 2.84. The van der Waals surface area contributed by atoms with E-state index < -0.39 is 12.1 Å². The Hall–Kier alpha value is -3.16.